The van der Waals surface area contributed by atoms with Crippen molar-refractivity contribution in [2.24, 2.45) is 0 Å². The number of H-pyrrole nitrogens is 1. The largest absolute Gasteiger partial charge is 0.491 e. The molecule has 33 heavy (non-hydrogen) atoms. The van der Waals surface area contributed by atoms with Crippen LogP contribution in [0.25, 0.3) is 11.1 Å². The van der Waals surface area contributed by atoms with Gasteiger partial charge in [0.05, 0.1) is 0 Å². The van der Waals surface area contributed by atoms with E-state index in [9.17, 15) is 22.8 Å². The van der Waals surface area contributed by atoms with Gasteiger partial charge < -0.3 is 14.2 Å². The minimum absolute atomic E-state index is 0.254. The number of aromatic nitrogens is 3. The fourth-order valence-corrected chi connectivity index (χ4v) is 3.45. The van der Waals surface area contributed by atoms with Gasteiger partial charge in [-0.1, -0.05) is 46.7 Å². The van der Waals surface area contributed by atoms with Crippen molar-refractivity contribution in [2.75, 3.05) is 13.2 Å². The molecule has 172 valence electrons. The number of benzene rings is 2. The van der Waals surface area contributed by atoms with Crippen LogP contribution in [0.1, 0.15) is 34.8 Å². The van der Waals surface area contributed by atoms with Gasteiger partial charge in [0.1, 0.15) is 5.75 Å². The van der Waals surface area contributed by atoms with Crippen LogP contribution in [0.15, 0.2) is 48.5 Å². The number of rotatable bonds is 5. The van der Waals surface area contributed by atoms with Crippen LogP contribution in [0, 0.1) is 0 Å². The first-order chi connectivity index (χ1) is 15.8. The molecule has 1 fully saturated rings. The molecule has 0 spiro atoms. The molecule has 8 nitrogen and oxygen atoms in total. The van der Waals surface area contributed by atoms with Crippen molar-refractivity contribution in [2.45, 2.75) is 24.9 Å². The second-order valence-corrected chi connectivity index (χ2v) is 7.31. The van der Waals surface area contributed by atoms with E-state index in [1.807, 2.05) is 12.1 Å². The highest BCUT2D eigenvalue weighted by molar-refractivity contribution is 5.98. The minimum atomic E-state index is -5.32. The Balaban J connectivity index is 1.46. The molecular weight excluding hydrogens is 443 g/mol. The fraction of sp³-hybridized carbons (Fsp3) is 0.273. The Kier molecular flexibility index (Phi) is 6.40. The molecule has 0 atom stereocenters. The molecule has 3 aromatic rings. The molecule has 1 aliphatic rings. The van der Waals surface area contributed by atoms with Crippen molar-refractivity contribution in [3.63, 3.8) is 0 Å². The molecule has 1 saturated heterocycles. The Morgan fingerprint density at radius 1 is 1.03 bits per heavy atom. The topological polar surface area (TPSA) is 103 Å². The molecule has 4 rings (SSSR count). The van der Waals surface area contributed by atoms with Crippen molar-refractivity contribution >= 4 is 11.9 Å². The normalized spacial score (nSPS) is 14.6. The van der Waals surface area contributed by atoms with Crippen molar-refractivity contribution in [1.29, 1.82) is 0 Å². The Hall–Kier alpha value is -3.73. The standard InChI is InChI=1S/C22H18F3N3O5/c23-22(24,25)21(30)33-20(29)18-19(27-28-26-18)32-17-6-4-13(5-7-17)15-2-1-3-16(12-15)14-8-10-31-11-9-14/h1-7,12,14H,8-11H2,(H,26,27,28). The minimum Gasteiger partial charge on any atom is -0.436 e. The van der Waals surface area contributed by atoms with Gasteiger partial charge in [-0.3, -0.25) is 0 Å². The van der Waals surface area contributed by atoms with Crippen LogP contribution in [-0.4, -0.2) is 46.7 Å². The van der Waals surface area contributed by atoms with E-state index in [1.165, 1.54) is 5.56 Å². The lowest BCUT2D eigenvalue weighted by Gasteiger charge is -2.22. The van der Waals surface area contributed by atoms with Crippen LogP contribution in [0.2, 0.25) is 0 Å². The maximum atomic E-state index is 12.3. The molecule has 1 aromatic heterocycles. The summed E-state index contributed by atoms with van der Waals surface area (Å²) in [6, 6.07) is 15.0. The molecule has 2 heterocycles. The number of halogens is 3. The third-order valence-corrected chi connectivity index (χ3v) is 5.12. The molecule has 0 unspecified atom stereocenters. The van der Waals surface area contributed by atoms with E-state index in [2.05, 4.69) is 32.3 Å². The third-order valence-electron chi connectivity index (χ3n) is 5.12. The van der Waals surface area contributed by atoms with Crippen LogP contribution in [0.5, 0.6) is 11.6 Å². The second-order valence-electron chi connectivity index (χ2n) is 7.31. The van der Waals surface area contributed by atoms with E-state index >= 15 is 0 Å². The molecule has 0 saturated carbocycles. The monoisotopic (exact) mass is 461 g/mol. The highest BCUT2D eigenvalue weighted by Crippen LogP contribution is 2.31. The molecule has 0 amide bonds. The van der Waals surface area contributed by atoms with Gasteiger partial charge in [-0.05, 0) is 47.6 Å². The number of ether oxygens (including phenoxy) is 3. The summed E-state index contributed by atoms with van der Waals surface area (Å²) in [4.78, 5) is 22.7. The molecule has 0 radical (unpaired) electrons. The van der Waals surface area contributed by atoms with Gasteiger partial charge in [0, 0.05) is 13.2 Å². The van der Waals surface area contributed by atoms with E-state index in [4.69, 9.17) is 9.47 Å². The summed E-state index contributed by atoms with van der Waals surface area (Å²) in [7, 11) is 0. The Morgan fingerprint density at radius 3 is 2.45 bits per heavy atom. The Bertz CT molecular complexity index is 1140. The highest BCUT2D eigenvalue weighted by Gasteiger charge is 2.43. The summed E-state index contributed by atoms with van der Waals surface area (Å²) in [5.74, 6) is -3.98. The van der Waals surface area contributed by atoms with Crippen molar-refractivity contribution < 1.29 is 37.0 Å². The molecule has 0 bridgehead atoms. The van der Waals surface area contributed by atoms with Gasteiger partial charge >= 0.3 is 18.1 Å². The molecular formula is C22H18F3N3O5. The zero-order chi connectivity index (χ0) is 23.4. The Morgan fingerprint density at radius 2 is 1.76 bits per heavy atom. The number of alkyl halides is 3. The number of esters is 2. The summed E-state index contributed by atoms with van der Waals surface area (Å²) in [5.41, 5.74) is 2.56. The first-order valence-corrected chi connectivity index (χ1v) is 10.0. The zero-order valence-corrected chi connectivity index (χ0v) is 17.1. The summed E-state index contributed by atoms with van der Waals surface area (Å²) < 4.78 is 51.5. The maximum Gasteiger partial charge on any atom is 0.491 e. The number of hydrogen-bond acceptors (Lipinski definition) is 7. The maximum absolute atomic E-state index is 12.3. The lowest BCUT2D eigenvalue weighted by molar-refractivity contribution is -0.193. The quantitative estimate of drug-likeness (QED) is 0.444. The van der Waals surface area contributed by atoms with Gasteiger partial charge in [0.15, 0.2) is 0 Å². The first-order valence-electron chi connectivity index (χ1n) is 10.0. The Labute approximate surface area is 185 Å². The SMILES string of the molecule is O=C(OC(=O)C(F)(F)F)c1[nH]nnc1Oc1ccc(-c2cccc(C3CCOCC3)c2)cc1. The average molecular weight is 461 g/mol. The molecule has 1 aliphatic heterocycles. The average Bonchev–Trinajstić information content (AvgIpc) is 3.28. The number of nitrogens with zero attached hydrogens (tertiary/aromatic N) is 2. The number of hydrogen-bond donors (Lipinski definition) is 1. The van der Waals surface area contributed by atoms with Gasteiger partial charge in [-0.25, -0.2) is 14.7 Å². The molecule has 0 aliphatic carbocycles. The zero-order valence-electron chi connectivity index (χ0n) is 17.1. The van der Waals surface area contributed by atoms with Crippen LogP contribution in [0.4, 0.5) is 13.2 Å². The summed E-state index contributed by atoms with van der Waals surface area (Å²) in [6.07, 6.45) is -3.36. The summed E-state index contributed by atoms with van der Waals surface area (Å²) in [5, 5.41) is 8.91. The van der Waals surface area contributed by atoms with Crippen LogP contribution in [-0.2, 0) is 14.3 Å². The van der Waals surface area contributed by atoms with Gasteiger partial charge in [-0.15, -0.1) is 0 Å². The van der Waals surface area contributed by atoms with Gasteiger partial charge in [0.25, 0.3) is 5.88 Å². The van der Waals surface area contributed by atoms with Crippen LogP contribution >= 0.6 is 0 Å². The van der Waals surface area contributed by atoms with E-state index in [-0.39, 0.29) is 5.75 Å². The van der Waals surface area contributed by atoms with Crippen molar-refractivity contribution in [3.8, 4) is 22.8 Å². The highest BCUT2D eigenvalue weighted by atomic mass is 19.4. The number of aromatic amines is 1. The number of carbonyl (C=O) groups is 2. The van der Waals surface area contributed by atoms with E-state index in [0.717, 1.165) is 37.2 Å². The third kappa shape index (κ3) is 5.37. The smallest absolute Gasteiger partial charge is 0.436 e. The lowest BCUT2D eigenvalue weighted by atomic mass is 9.90. The van der Waals surface area contributed by atoms with Crippen molar-refractivity contribution in [1.82, 2.24) is 15.4 Å². The molecule has 2 aromatic carbocycles. The van der Waals surface area contributed by atoms with Crippen LogP contribution < -0.4 is 4.74 Å². The number of carbonyl (C=O) groups excluding carboxylic acids is 2. The van der Waals surface area contributed by atoms with Gasteiger partial charge in [0.2, 0.25) is 5.69 Å². The molecule has 11 heteroatoms. The van der Waals surface area contributed by atoms with Crippen LogP contribution in [0.3, 0.4) is 0 Å². The lowest BCUT2D eigenvalue weighted by Crippen LogP contribution is -2.28. The fourth-order valence-electron chi connectivity index (χ4n) is 3.45. The van der Waals surface area contributed by atoms with Crippen molar-refractivity contribution in [3.05, 3.63) is 59.8 Å². The summed E-state index contributed by atoms with van der Waals surface area (Å²) in [6.45, 7) is 1.51. The predicted octanol–water partition coefficient (Wildman–Crippen LogP) is 4.40. The first kappa shape index (κ1) is 22.5. The van der Waals surface area contributed by atoms with E-state index < -0.39 is 29.7 Å². The predicted molar refractivity (Wildman–Crippen MR) is 108 cm³/mol. The summed E-state index contributed by atoms with van der Waals surface area (Å²) >= 11 is 0. The number of nitrogens with one attached hydrogen (secondary N) is 1. The van der Waals surface area contributed by atoms with E-state index in [1.54, 1.807) is 24.3 Å². The van der Waals surface area contributed by atoms with E-state index in [0.29, 0.717) is 5.92 Å². The van der Waals surface area contributed by atoms with Gasteiger partial charge in [-0.2, -0.15) is 13.2 Å². The molecule has 1 N–H and O–H groups in total. The second kappa shape index (κ2) is 9.41.